The minimum absolute atomic E-state index is 0. The standard InChI is InChI=1S/C16H22N4O3.2ClH/c1-20(2)16-19-12-9-11(3-4-13(12)23-16)18-15(21)14(17)10-5-7-22-8-6-10;;/h3-4,9-10,14H,5-8,17H2,1-2H3,(H,18,21);2*1H. The van der Waals surface area contributed by atoms with E-state index in [4.69, 9.17) is 14.9 Å². The highest BCUT2D eigenvalue weighted by molar-refractivity contribution is 5.96. The van der Waals surface area contributed by atoms with Gasteiger partial charge >= 0.3 is 0 Å². The van der Waals surface area contributed by atoms with Gasteiger partial charge in [-0.3, -0.25) is 4.79 Å². The molecule has 1 aromatic heterocycles. The number of fused-ring (bicyclic) bond motifs is 1. The molecule has 140 valence electrons. The molecular weight excluding hydrogens is 367 g/mol. The van der Waals surface area contributed by atoms with E-state index in [-0.39, 0.29) is 36.6 Å². The number of hydrogen-bond acceptors (Lipinski definition) is 6. The Labute approximate surface area is 159 Å². The number of aromatic nitrogens is 1. The molecule has 25 heavy (non-hydrogen) atoms. The van der Waals surface area contributed by atoms with Gasteiger partial charge in [0.25, 0.3) is 6.01 Å². The van der Waals surface area contributed by atoms with Crippen LogP contribution in [0.2, 0.25) is 0 Å². The fourth-order valence-electron chi connectivity index (χ4n) is 2.70. The van der Waals surface area contributed by atoms with E-state index in [0.717, 1.165) is 12.8 Å². The summed E-state index contributed by atoms with van der Waals surface area (Å²) in [5.74, 6) is -0.00699. The summed E-state index contributed by atoms with van der Waals surface area (Å²) < 4.78 is 10.9. The lowest BCUT2D eigenvalue weighted by molar-refractivity contribution is -0.119. The average Bonchev–Trinajstić information content (AvgIpc) is 2.98. The number of benzene rings is 1. The lowest BCUT2D eigenvalue weighted by atomic mass is 9.92. The number of hydrogen-bond donors (Lipinski definition) is 2. The van der Waals surface area contributed by atoms with Crippen molar-refractivity contribution in [2.24, 2.45) is 11.7 Å². The van der Waals surface area contributed by atoms with Gasteiger partial charge in [-0.25, -0.2) is 0 Å². The van der Waals surface area contributed by atoms with Crippen LogP contribution in [0.15, 0.2) is 22.6 Å². The van der Waals surface area contributed by atoms with Gasteiger partial charge in [0.1, 0.15) is 5.52 Å². The smallest absolute Gasteiger partial charge is 0.297 e. The van der Waals surface area contributed by atoms with Gasteiger partial charge in [0.15, 0.2) is 5.58 Å². The van der Waals surface area contributed by atoms with E-state index in [1.54, 1.807) is 23.1 Å². The number of nitrogens with two attached hydrogens (primary N) is 1. The Morgan fingerprint density at radius 2 is 2.00 bits per heavy atom. The highest BCUT2D eigenvalue weighted by atomic mass is 35.5. The highest BCUT2D eigenvalue weighted by Crippen LogP contribution is 2.24. The monoisotopic (exact) mass is 390 g/mol. The number of anilines is 2. The number of ether oxygens (including phenoxy) is 1. The second-order valence-electron chi connectivity index (χ2n) is 6.04. The molecule has 7 nitrogen and oxygen atoms in total. The number of nitrogens with one attached hydrogen (secondary N) is 1. The fraction of sp³-hybridized carbons (Fsp3) is 0.500. The Bertz CT molecular complexity index is 702. The molecule has 1 atom stereocenters. The van der Waals surface area contributed by atoms with Crippen LogP contribution in [0, 0.1) is 5.92 Å². The molecule has 0 bridgehead atoms. The van der Waals surface area contributed by atoms with E-state index < -0.39 is 6.04 Å². The van der Waals surface area contributed by atoms with Crippen LogP contribution >= 0.6 is 24.8 Å². The van der Waals surface area contributed by atoms with Crippen LogP contribution in [0.1, 0.15) is 12.8 Å². The second-order valence-corrected chi connectivity index (χ2v) is 6.04. The summed E-state index contributed by atoms with van der Waals surface area (Å²) in [6.07, 6.45) is 1.65. The number of oxazole rings is 1. The first-order valence-electron chi connectivity index (χ1n) is 7.76. The molecule has 2 aromatic rings. The topological polar surface area (TPSA) is 93.6 Å². The Kier molecular flexibility index (Phi) is 7.95. The lowest BCUT2D eigenvalue weighted by Crippen LogP contribution is -2.43. The summed E-state index contributed by atoms with van der Waals surface area (Å²) in [4.78, 5) is 18.5. The summed E-state index contributed by atoms with van der Waals surface area (Å²) >= 11 is 0. The summed E-state index contributed by atoms with van der Waals surface area (Å²) in [5.41, 5.74) is 8.14. The summed E-state index contributed by atoms with van der Waals surface area (Å²) in [5, 5.41) is 2.87. The van der Waals surface area contributed by atoms with E-state index in [2.05, 4.69) is 10.3 Å². The zero-order valence-corrected chi connectivity index (χ0v) is 15.9. The number of rotatable bonds is 4. The predicted molar refractivity (Wildman–Crippen MR) is 103 cm³/mol. The van der Waals surface area contributed by atoms with E-state index in [1.807, 2.05) is 14.1 Å². The highest BCUT2D eigenvalue weighted by Gasteiger charge is 2.26. The van der Waals surface area contributed by atoms with Gasteiger partial charge in [0, 0.05) is 33.0 Å². The molecule has 0 radical (unpaired) electrons. The van der Waals surface area contributed by atoms with Gasteiger partial charge in [-0.1, -0.05) is 0 Å². The lowest BCUT2D eigenvalue weighted by Gasteiger charge is -2.26. The van der Waals surface area contributed by atoms with Crippen molar-refractivity contribution in [1.29, 1.82) is 0 Å². The first-order valence-corrected chi connectivity index (χ1v) is 7.76. The Hall–Kier alpha value is -1.54. The van der Waals surface area contributed by atoms with Gasteiger partial charge in [-0.05, 0) is 37.0 Å². The maximum absolute atomic E-state index is 12.3. The zero-order valence-electron chi connectivity index (χ0n) is 14.2. The van der Waals surface area contributed by atoms with Gasteiger partial charge in [0.05, 0.1) is 6.04 Å². The maximum atomic E-state index is 12.3. The van der Waals surface area contributed by atoms with Crippen molar-refractivity contribution in [1.82, 2.24) is 4.98 Å². The van der Waals surface area contributed by atoms with E-state index in [9.17, 15) is 4.79 Å². The van der Waals surface area contributed by atoms with E-state index >= 15 is 0 Å². The number of amides is 1. The van der Waals surface area contributed by atoms with Crippen molar-refractivity contribution >= 4 is 53.5 Å². The molecule has 0 saturated carbocycles. The second kappa shape index (κ2) is 9.24. The normalized spacial score (nSPS) is 15.8. The zero-order chi connectivity index (χ0) is 16.4. The SMILES string of the molecule is CN(C)c1nc2cc(NC(=O)C(N)C3CCOCC3)ccc2o1.Cl.Cl. The van der Waals surface area contributed by atoms with E-state index in [1.165, 1.54) is 0 Å². The molecule has 0 aliphatic carbocycles. The molecule has 1 amide bonds. The van der Waals surface area contributed by atoms with Gasteiger partial charge < -0.3 is 25.1 Å². The molecule has 0 spiro atoms. The molecule has 1 fully saturated rings. The summed E-state index contributed by atoms with van der Waals surface area (Å²) in [6, 6.07) is 5.39. The molecule has 1 saturated heterocycles. The van der Waals surface area contributed by atoms with Crippen molar-refractivity contribution in [3.8, 4) is 0 Å². The summed E-state index contributed by atoms with van der Waals surface area (Å²) in [6.45, 7) is 1.34. The number of halogens is 2. The van der Waals surface area contributed by atoms with Crippen LogP contribution in [0.3, 0.4) is 0 Å². The number of nitrogens with zero attached hydrogens (tertiary/aromatic N) is 2. The van der Waals surface area contributed by atoms with Crippen molar-refractivity contribution < 1.29 is 13.9 Å². The molecule has 3 N–H and O–H groups in total. The molecule has 9 heteroatoms. The van der Waals surface area contributed by atoms with Crippen molar-refractivity contribution in [2.45, 2.75) is 18.9 Å². The fourth-order valence-corrected chi connectivity index (χ4v) is 2.70. The van der Waals surface area contributed by atoms with E-state index in [0.29, 0.717) is 36.0 Å². The quantitative estimate of drug-likeness (QED) is 0.832. The summed E-state index contributed by atoms with van der Waals surface area (Å²) in [7, 11) is 3.72. The van der Waals surface area contributed by atoms with Crippen LogP contribution in [0.5, 0.6) is 0 Å². The number of carbonyl (C=O) groups excluding carboxylic acids is 1. The third-order valence-electron chi connectivity index (χ3n) is 4.10. The largest absolute Gasteiger partial charge is 0.423 e. The third kappa shape index (κ3) is 4.98. The maximum Gasteiger partial charge on any atom is 0.297 e. The van der Waals surface area contributed by atoms with Gasteiger partial charge in [-0.15, -0.1) is 24.8 Å². The minimum Gasteiger partial charge on any atom is -0.423 e. The van der Waals surface area contributed by atoms with Gasteiger partial charge in [-0.2, -0.15) is 4.98 Å². The predicted octanol–water partition coefficient (Wildman–Crippen LogP) is 2.43. The number of carbonyl (C=O) groups is 1. The molecular formula is C16H24Cl2N4O3. The molecule has 3 rings (SSSR count). The van der Waals surface area contributed by atoms with Crippen LogP contribution < -0.4 is 16.0 Å². The Morgan fingerprint density at radius 3 is 2.64 bits per heavy atom. The minimum atomic E-state index is -0.524. The first kappa shape index (κ1) is 21.5. The molecule has 1 unspecified atom stereocenters. The first-order chi connectivity index (χ1) is 11.0. The molecule has 1 aliphatic heterocycles. The Morgan fingerprint density at radius 1 is 1.32 bits per heavy atom. The van der Waals surface area contributed by atoms with Crippen LogP contribution in [-0.4, -0.2) is 44.2 Å². The third-order valence-corrected chi connectivity index (χ3v) is 4.10. The molecule has 2 heterocycles. The van der Waals surface area contributed by atoms with Crippen molar-refractivity contribution in [3.05, 3.63) is 18.2 Å². The van der Waals surface area contributed by atoms with Crippen LogP contribution in [-0.2, 0) is 9.53 Å². The average molecular weight is 391 g/mol. The van der Waals surface area contributed by atoms with Crippen molar-refractivity contribution in [2.75, 3.05) is 37.5 Å². The Balaban J connectivity index is 0.00000156. The van der Waals surface area contributed by atoms with Crippen LogP contribution in [0.25, 0.3) is 11.1 Å². The van der Waals surface area contributed by atoms with Gasteiger partial charge in [0.2, 0.25) is 5.91 Å². The van der Waals surface area contributed by atoms with Crippen LogP contribution in [0.4, 0.5) is 11.7 Å². The van der Waals surface area contributed by atoms with Crippen molar-refractivity contribution in [3.63, 3.8) is 0 Å². The molecule has 1 aromatic carbocycles. The molecule has 1 aliphatic rings.